The van der Waals surface area contributed by atoms with E-state index in [1.807, 2.05) is 24.3 Å². The first kappa shape index (κ1) is 20.2. The van der Waals surface area contributed by atoms with Gasteiger partial charge in [-0.15, -0.1) is 0 Å². The minimum atomic E-state index is -1.13. The van der Waals surface area contributed by atoms with Gasteiger partial charge >= 0.3 is 5.97 Å². The van der Waals surface area contributed by atoms with Crippen molar-refractivity contribution in [2.24, 2.45) is 0 Å². The first-order valence-electron chi connectivity index (χ1n) is 8.80. The normalized spacial score (nSPS) is 11.7. The van der Waals surface area contributed by atoms with E-state index in [4.69, 9.17) is 4.42 Å². The van der Waals surface area contributed by atoms with Crippen LogP contribution in [0.15, 0.2) is 40.8 Å². The number of carbonyl (C=O) groups is 3. The van der Waals surface area contributed by atoms with E-state index in [2.05, 4.69) is 12.2 Å². The van der Waals surface area contributed by atoms with Crippen LogP contribution in [0, 0.1) is 0 Å². The molecule has 2 aromatic rings. The number of hydrogen-bond donors (Lipinski definition) is 2. The summed E-state index contributed by atoms with van der Waals surface area (Å²) < 4.78 is 5.67. The highest BCUT2D eigenvalue weighted by Crippen LogP contribution is 2.24. The first-order valence-corrected chi connectivity index (χ1v) is 8.80. The third-order valence-electron chi connectivity index (χ3n) is 4.28. The lowest BCUT2D eigenvalue weighted by Crippen LogP contribution is -2.46. The largest absolute Gasteiger partial charge is 0.480 e. The molecule has 0 saturated carbocycles. The predicted molar refractivity (Wildman–Crippen MR) is 100 cm³/mol. The molecule has 1 aromatic heterocycles. The van der Waals surface area contributed by atoms with Crippen LogP contribution in [0.2, 0.25) is 0 Å². The number of nitrogens with one attached hydrogen (secondary N) is 1. The van der Waals surface area contributed by atoms with Crippen LogP contribution in [0.1, 0.15) is 36.9 Å². The van der Waals surface area contributed by atoms with Crippen molar-refractivity contribution < 1.29 is 23.9 Å². The van der Waals surface area contributed by atoms with Crippen molar-refractivity contribution in [1.29, 1.82) is 0 Å². The summed E-state index contributed by atoms with van der Waals surface area (Å²) in [5.74, 6) is -1.33. The molecule has 2 N–H and O–H groups in total. The van der Waals surface area contributed by atoms with Crippen LogP contribution in [0.25, 0.3) is 11.3 Å². The Morgan fingerprint density at radius 2 is 1.81 bits per heavy atom. The fourth-order valence-electron chi connectivity index (χ4n) is 2.61. The third kappa shape index (κ3) is 5.20. The van der Waals surface area contributed by atoms with Gasteiger partial charge in [-0.25, -0.2) is 4.79 Å². The van der Waals surface area contributed by atoms with Crippen molar-refractivity contribution >= 4 is 17.8 Å². The molecule has 0 bridgehead atoms. The second-order valence-electron chi connectivity index (χ2n) is 6.21. The average molecular weight is 372 g/mol. The molecule has 1 aromatic carbocycles. The number of rotatable bonds is 8. The van der Waals surface area contributed by atoms with E-state index in [0.717, 1.165) is 12.0 Å². The number of amides is 2. The second kappa shape index (κ2) is 9.02. The van der Waals surface area contributed by atoms with E-state index in [9.17, 15) is 19.5 Å². The molecule has 1 atom stereocenters. The van der Waals surface area contributed by atoms with E-state index in [1.54, 1.807) is 6.07 Å². The summed E-state index contributed by atoms with van der Waals surface area (Å²) in [6, 6.07) is 9.98. The van der Waals surface area contributed by atoms with Gasteiger partial charge in [0.2, 0.25) is 5.91 Å². The standard InChI is InChI=1S/C20H24N2O5/c1-4-15-5-7-16(8-6-15)17-9-10-18(27-17)19(24)22(13(2)20(25)26)12-11-21-14(3)23/h5-10,13H,4,11-12H2,1-3H3,(H,21,23)(H,25,26). The van der Waals surface area contributed by atoms with Crippen molar-refractivity contribution in [3.63, 3.8) is 0 Å². The van der Waals surface area contributed by atoms with Gasteiger partial charge in [-0.05, 0) is 31.0 Å². The van der Waals surface area contributed by atoms with Gasteiger partial charge in [0.05, 0.1) is 0 Å². The Bertz CT molecular complexity index is 810. The molecule has 0 aliphatic rings. The van der Waals surface area contributed by atoms with E-state index in [1.165, 1.54) is 30.4 Å². The molecular formula is C20H24N2O5. The van der Waals surface area contributed by atoms with Crippen LogP contribution >= 0.6 is 0 Å². The minimum absolute atomic E-state index is 0.0560. The van der Waals surface area contributed by atoms with Crippen molar-refractivity contribution in [3.8, 4) is 11.3 Å². The molecule has 0 aliphatic carbocycles. The lowest BCUT2D eigenvalue weighted by molar-refractivity contribution is -0.141. The van der Waals surface area contributed by atoms with Crippen LogP contribution in [-0.2, 0) is 16.0 Å². The lowest BCUT2D eigenvalue weighted by atomic mass is 10.1. The number of aryl methyl sites for hydroxylation is 1. The van der Waals surface area contributed by atoms with E-state index >= 15 is 0 Å². The Balaban J connectivity index is 2.19. The second-order valence-corrected chi connectivity index (χ2v) is 6.21. The summed E-state index contributed by atoms with van der Waals surface area (Å²) in [7, 11) is 0. The fourth-order valence-corrected chi connectivity index (χ4v) is 2.61. The van der Waals surface area contributed by atoms with Gasteiger partial charge in [0.15, 0.2) is 5.76 Å². The quantitative estimate of drug-likeness (QED) is 0.742. The summed E-state index contributed by atoms with van der Waals surface area (Å²) in [6.45, 7) is 5.06. The number of nitrogens with zero attached hydrogens (tertiary/aromatic N) is 1. The molecule has 1 heterocycles. The molecule has 0 radical (unpaired) electrons. The number of carboxylic acids is 1. The van der Waals surface area contributed by atoms with Gasteiger partial charge in [0.1, 0.15) is 11.8 Å². The Hall–Kier alpha value is -3.09. The zero-order valence-corrected chi connectivity index (χ0v) is 15.7. The van der Waals surface area contributed by atoms with Gasteiger partial charge in [-0.2, -0.15) is 0 Å². The predicted octanol–water partition coefficient (Wildman–Crippen LogP) is 2.56. The Kier molecular flexibility index (Phi) is 6.76. The molecule has 0 saturated heterocycles. The number of carboxylic acid groups (broad SMARTS) is 1. The number of aliphatic carboxylic acids is 1. The van der Waals surface area contributed by atoms with Crippen molar-refractivity contribution in [3.05, 3.63) is 47.7 Å². The summed E-state index contributed by atoms with van der Waals surface area (Å²) >= 11 is 0. The van der Waals surface area contributed by atoms with E-state index < -0.39 is 17.9 Å². The lowest BCUT2D eigenvalue weighted by Gasteiger charge is -2.25. The molecule has 144 valence electrons. The molecule has 7 heteroatoms. The summed E-state index contributed by atoms with van der Waals surface area (Å²) in [5, 5.41) is 11.8. The number of hydrogen-bond acceptors (Lipinski definition) is 4. The molecule has 0 spiro atoms. The fraction of sp³-hybridized carbons (Fsp3) is 0.350. The zero-order chi connectivity index (χ0) is 20.0. The van der Waals surface area contributed by atoms with Crippen molar-refractivity contribution in [2.45, 2.75) is 33.2 Å². The summed E-state index contributed by atoms with van der Waals surface area (Å²) in [5.41, 5.74) is 2.03. The van der Waals surface area contributed by atoms with Crippen LogP contribution in [0.4, 0.5) is 0 Å². The summed E-state index contributed by atoms with van der Waals surface area (Å²) in [6.07, 6.45) is 0.929. The van der Waals surface area contributed by atoms with Crippen LogP contribution < -0.4 is 5.32 Å². The van der Waals surface area contributed by atoms with Crippen molar-refractivity contribution in [2.75, 3.05) is 13.1 Å². The number of carbonyl (C=O) groups excluding carboxylic acids is 2. The van der Waals surface area contributed by atoms with E-state index in [-0.39, 0.29) is 24.8 Å². The Morgan fingerprint density at radius 1 is 1.15 bits per heavy atom. The molecular weight excluding hydrogens is 348 g/mol. The average Bonchev–Trinajstić information content (AvgIpc) is 3.14. The maximum Gasteiger partial charge on any atom is 0.326 e. The number of furan rings is 1. The zero-order valence-electron chi connectivity index (χ0n) is 15.7. The molecule has 0 aliphatic heterocycles. The topological polar surface area (TPSA) is 99.9 Å². The van der Waals surface area contributed by atoms with Gasteiger partial charge in [0, 0.05) is 25.6 Å². The maximum absolute atomic E-state index is 12.8. The van der Waals surface area contributed by atoms with Crippen LogP contribution in [0.5, 0.6) is 0 Å². The first-order chi connectivity index (χ1) is 12.8. The highest BCUT2D eigenvalue weighted by Gasteiger charge is 2.28. The third-order valence-corrected chi connectivity index (χ3v) is 4.28. The summed E-state index contributed by atoms with van der Waals surface area (Å²) in [4.78, 5) is 36.3. The monoisotopic (exact) mass is 372 g/mol. The molecule has 27 heavy (non-hydrogen) atoms. The number of benzene rings is 1. The molecule has 2 amide bonds. The maximum atomic E-state index is 12.8. The Labute approximate surface area is 158 Å². The highest BCUT2D eigenvalue weighted by molar-refractivity contribution is 5.94. The molecule has 2 rings (SSSR count). The van der Waals surface area contributed by atoms with Crippen LogP contribution in [0.3, 0.4) is 0 Å². The van der Waals surface area contributed by atoms with Gasteiger partial charge < -0.3 is 19.7 Å². The Morgan fingerprint density at radius 3 is 2.37 bits per heavy atom. The van der Waals surface area contributed by atoms with Crippen LogP contribution in [-0.4, -0.2) is 46.9 Å². The SMILES string of the molecule is CCc1ccc(-c2ccc(C(=O)N(CCNC(C)=O)C(C)C(=O)O)o2)cc1. The molecule has 1 unspecified atom stereocenters. The van der Waals surface area contributed by atoms with Gasteiger partial charge in [-0.1, -0.05) is 31.2 Å². The van der Waals surface area contributed by atoms with E-state index in [0.29, 0.717) is 5.76 Å². The molecule has 7 nitrogen and oxygen atoms in total. The smallest absolute Gasteiger partial charge is 0.326 e. The van der Waals surface area contributed by atoms with Gasteiger partial charge in [0.25, 0.3) is 5.91 Å². The van der Waals surface area contributed by atoms with Crippen molar-refractivity contribution in [1.82, 2.24) is 10.2 Å². The highest BCUT2D eigenvalue weighted by atomic mass is 16.4. The minimum Gasteiger partial charge on any atom is -0.480 e. The molecule has 0 fully saturated rings. The van der Waals surface area contributed by atoms with Gasteiger partial charge in [-0.3, -0.25) is 9.59 Å².